The zero-order valence-electron chi connectivity index (χ0n) is 10.7. The SMILES string of the molecule is C=CC(=O)c1cccc2cccc(C)c12.CC. The van der Waals surface area contributed by atoms with Crippen molar-refractivity contribution in [1.82, 2.24) is 0 Å². The van der Waals surface area contributed by atoms with E-state index in [0.29, 0.717) is 0 Å². The van der Waals surface area contributed by atoms with E-state index in [0.717, 1.165) is 21.9 Å². The van der Waals surface area contributed by atoms with Gasteiger partial charge in [-0.3, -0.25) is 4.79 Å². The van der Waals surface area contributed by atoms with Crippen LogP contribution in [-0.4, -0.2) is 5.78 Å². The molecule has 0 aliphatic carbocycles. The fourth-order valence-corrected chi connectivity index (χ4v) is 1.84. The number of benzene rings is 2. The minimum absolute atomic E-state index is 0.0186. The first-order chi connectivity index (χ1) is 8.24. The Bertz CT molecular complexity index is 533. The van der Waals surface area contributed by atoms with Crippen LogP contribution < -0.4 is 0 Å². The van der Waals surface area contributed by atoms with Crippen LogP contribution in [0.5, 0.6) is 0 Å². The molecule has 0 spiro atoms. The number of ketones is 1. The van der Waals surface area contributed by atoms with Gasteiger partial charge in [-0.05, 0) is 29.3 Å². The van der Waals surface area contributed by atoms with Crippen LogP contribution in [0.4, 0.5) is 0 Å². The zero-order valence-corrected chi connectivity index (χ0v) is 10.7. The summed E-state index contributed by atoms with van der Waals surface area (Å²) >= 11 is 0. The molecule has 2 aromatic carbocycles. The fraction of sp³-hybridized carbons (Fsp3) is 0.188. The second kappa shape index (κ2) is 6.00. The van der Waals surface area contributed by atoms with E-state index in [-0.39, 0.29) is 5.78 Å². The molecule has 0 aliphatic heterocycles. The lowest BCUT2D eigenvalue weighted by Gasteiger charge is -2.06. The molecular weight excluding hydrogens is 208 g/mol. The molecule has 2 rings (SSSR count). The van der Waals surface area contributed by atoms with Crippen LogP contribution in [0.2, 0.25) is 0 Å². The van der Waals surface area contributed by atoms with Crippen molar-refractivity contribution < 1.29 is 4.79 Å². The molecule has 1 nitrogen and oxygen atoms in total. The first kappa shape index (κ1) is 13.2. The maximum Gasteiger partial charge on any atom is 0.185 e. The quantitative estimate of drug-likeness (QED) is 0.542. The van der Waals surface area contributed by atoms with Gasteiger partial charge in [-0.25, -0.2) is 0 Å². The molecule has 2 aromatic rings. The number of hydrogen-bond donors (Lipinski definition) is 0. The molecule has 0 saturated heterocycles. The first-order valence-electron chi connectivity index (χ1n) is 5.89. The Morgan fingerprint density at radius 3 is 2.29 bits per heavy atom. The molecule has 0 aliphatic rings. The molecule has 0 aromatic heterocycles. The third kappa shape index (κ3) is 2.62. The van der Waals surface area contributed by atoms with Gasteiger partial charge in [-0.2, -0.15) is 0 Å². The minimum Gasteiger partial charge on any atom is -0.289 e. The number of hydrogen-bond acceptors (Lipinski definition) is 1. The number of carbonyl (C=O) groups is 1. The second-order valence-corrected chi connectivity index (χ2v) is 3.55. The van der Waals surface area contributed by atoms with Gasteiger partial charge in [0.25, 0.3) is 0 Å². The standard InChI is InChI=1S/C14H12O.C2H6/c1-3-13(15)12-9-5-8-11-7-4-6-10(2)14(11)12;1-2/h3-9H,1H2,2H3;1-2H3. The van der Waals surface area contributed by atoms with E-state index in [9.17, 15) is 4.79 Å². The van der Waals surface area contributed by atoms with Gasteiger partial charge in [-0.1, -0.05) is 56.8 Å². The van der Waals surface area contributed by atoms with E-state index >= 15 is 0 Å². The van der Waals surface area contributed by atoms with Gasteiger partial charge < -0.3 is 0 Å². The largest absolute Gasteiger partial charge is 0.289 e. The fourth-order valence-electron chi connectivity index (χ4n) is 1.84. The number of allylic oxidation sites excluding steroid dienone is 1. The summed E-state index contributed by atoms with van der Waals surface area (Å²) in [7, 11) is 0. The molecule has 88 valence electrons. The van der Waals surface area contributed by atoms with E-state index in [2.05, 4.69) is 6.58 Å². The molecule has 17 heavy (non-hydrogen) atoms. The lowest BCUT2D eigenvalue weighted by atomic mass is 9.97. The van der Waals surface area contributed by atoms with Crippen molar-refractivity contribution in [2.24, 2.45) is 0 Å². The van der Waals surface area contributed by atoms with Crippen molar-refractivity contribution in [3.8, 4) is 0 Å². The summed E-state index contributed by atoms with van der Waals surface area (Å²) in [5, 5.41) is 2.13. The van der Waals surface area contributed by atoms with Gasteiger partial charge in [0.2, 0.25) is 0 Å². The Balaban J connectivity index is 0.000000686. The van der Waals surface area contributed by atoms with Crippen LogP contribution >= 0.6 is 0 Å². The number of carbonyl (C=O) groups excluding carboxylic acids is 1. The normalized spacial score (nSPS) is 9.35. The van der Waals surface area contributed by atoms with Gasteiger partial charge in [0.15, 0.2) is 5.78 Å². The van der Waals surface area contributed by atoms with Gasteiger partial charge in [0.1, 0.15) is 0 Å². The molecule has 0 saturated carbocycles. The highest BCUT2D eigenvalue weighted by atomic mass is 16.1. The predicted molar refractivity (Wildman–Crippen MR) is 74.6 cm³/mol. The van der Waals surface area contributed by atoms with Crippen LogP contribution in [0.1, 0.15) is 29.8 Å². The summed E-state index contributed by atoms with van der Waals surface area (Å²) in [6, 6.07) is 11.8. The molecular formula is C16H18O. The topological polar surface area (TPSA) is 17.1 Å². The average Bonchev–Trinajstić information content (AvgIpc) is 2.40. The van der Waals surface area contributed by atoms with E-state index in [1.165, 1.54) is 6.08 Å². The van der Waals surface area contributed by atoms with Crippen molar-refractivity contribution in [1.29, 1.82) is 0 Å². The Hall–Kier alpha value is -1.89. The van der Waals surface area contributed by atoms with Crippen molar-refractivity contribution in [2.75, 3.05) is 0 Å². The lowest BCUT2D eigenvalue weighted by molar-refractivity contribution is 0.104. The van der Waals surface area contributed by atoms with Crippen LogP contribution in [-0.2, 0) is 0 Å². The van der Waals surface area contributed by atoms with Crippen molar-refractivity contribution >= 4 is 16.6 Å². The van der Waals surface area contributed by atoms with Crippen molar-refractivity contribution in [2.45, 2.75) is 20.8 Å². The van der Waals surface area contributed by atoms with Gasteiger partial charge >= 0.3 is 0 Å². The van der Waals surface area contributed by atoms with Gasteiger partial charge in [0, 0.05) is 5.56 Å². The molecule has 0 N–H and O–H groups in total. The van der Waals surface area contributed by atoms with Crippen LogP contribution in [0.25, 0.3) is 10.8 Å². The smallest absolute Gasteiger partial charge is 0.185 e. The summed E-state index contributed by atoms with van der Waals surface area (Å²) in [6.45, 7) is 9.54. The monoisotopic (exact) mass is 226 g/mol. The van der Waals surface area contributed by atoms with Crippen LogP contribution in [0.3, 0.4) is 0 Å². The lowest BCUT2D eigenvalue weighted by Crippen LogP contribution is -1.96. The Labute approximate surface area is 103 Å². The first-order valence-corrected chi connectivity index (χ1v) is 5.89. The summed E-state index contributed by atoms with van der Waals surface area (Å²) in [5.74, 6) is -0.0186. The molecule has 0 bridgehead atoms. The predicted octanol–water partition coefficient (Wildman–Crippen LogP) is 4.54. The van der Waals surface area contributed by atoms with E-state index in [1.54, 1.807) is 0 Å². The van der Waals surface area contributed by atoms with E-state index < -0.39 is 0 Å². The molecule has 1 heteroatoms. The minimum atomic E-state index is -0.0186. The number of fused-ring (bicyclic) bond motifs is 1. The highest BCUT2D eigenvalue weighted by molar-refractivity contribution is 6.13. The summed E-state index contributed by atoms with van der Waals surface area (Å²) in [4.78, 5) is 11.7. The van der Waals surface area contributed by atoms with E-state index in [4.69, 9.17) is 0 Å². The number of aryl methyl sites for hydroxylation is 1. The molecule has 0 unspecified atom stereocenters. The Kier molecular flexibility index (Phi) is 4.65. The van der Waals surface area contributed by atoms with Gasteiger partial charge in [-0.15, -0.1) is 0 Å². The summed E-state index contributed by atoms with van der Waals surface area (Å²) in [6.07, 6.45) is 1.36. The zero-order chi connectivity index (χ0) is 12.8. The van der Waals surface area contributed by atoms with Crippen LogP contribution in [0.15, 0.2) is 49.1 Å². The second-order valence-electron chi connectivity index (χ2n) is 3.55. The molecule has 0 amide bonds. The molecule has 0 radical (unpaired) electrons. The third-order valence-corrected chi connectivity index (χ3v) is 2.56. The molecule has 0 atom stereocenters. The van der Waals surface area contributed by atoms with Crippen LogP contribution in [0, 0.1) is 6.92 Å². The van der Waals surface area contributed by atoms with E-state index in [1.807, 2.05) is 57.2 Å². The van der Waals surface area contributed by atoms with Gasteiger partial charge in [0.05, 0.1) is 0 Å². The van der Waals surface area contributed by atoms with Crippen molar-refractivity contribution in [3.05, 3.63) is 60.2 Å². The summed E-state index contributed by atoms with van der Waals surface area (Å²) in [5.41, 5.74) is 1.86. The third-order valence-electron chi connectivity index (χ3n) is 2.56. The maximum atomic E-state index is 11.7. The average molecular weight is 226 g/mol. The Morgan fingerprint density at radius 1 is 1.12 bits per heavy atom. The van der Waals surface area contributed by atoms with Crippen molar-refractivity contribution in [3.63, 3.8) is 0 Å². The molecule has 0 heterocycles. The summed E-state index contributed by atoms with van der Waals surface area (Å²) < 4.78 is 0. The Morgan fingerprint density at radius 2 is 1.71 bits per heavy atom. The highest BCUT2D eigenvalue weighted by Gasteiger charge is 2.07. The highest BCUT2D eigenvalue weighted by Crippen LogP contribution is 2.22. The molecule has 0 fully saturated rings. The maximum absolute atomic E-state index is 11.7. The number of rotatable bonds is 2.